The molecule has 2 unspecified atom stereocenters. The lowest BCUT2D eigenvalue weighted by Gasteiger charge is -2.21. The molecule has 1 saturated heterocycles. The van der Waals surface area contributed by atoms with Gasteiger partial charge in [-0.25, -0.2) is 4.79 Å². The van der Waals surface area contributed by atoms with Crippen molar-refractivity contribution in [1.29, 1.82) is 0 Å². The fraction of sp³-hybridized carbons (Fsp3) is 0.316. The van der Waals surface area contributed by atoms with Crippen molar-refractivity contribution in [3.8, 4) is 11.1 Å². The highest BCUT2D eigenvalue weighted by molar-refractivity contribution is 5.72. The van der Waals surface area contributed by atoms with E-state index >= 15 is 0 Å². The molecule has 0 N–H and O–H groups in total. The molecule has 3 nitrogen and oxygen atoms in total. The summed E-state index contributed by atoms with van der Waals surface area (Å²) in [6.07, 6.45) is 0.588. The van der Waals surface area contributed by atoms with E-state index in [-0.39, 0.29) is 18.2 Å². The first-order chi connectivity index (χ1) is 10.6. The van der Waals surface area contributed by atoms with Gasteiger partial charge in [0, 0.05) is 7.05 Å². The van der Waals surface area contributed by atoms with Crippen LogP contribution in [0.2, 0.25) is 0 Å². The Labute approximate surface area is 131 Å². The minimum atomic E-state index is -0.248. The lowest BCUT2D eigenvalue weighted by molar-refractivity contribution is 0.138. The summed E-state index contributed by atoms with van der Waals surface area (Å²) >= 11 is 0. The van der Waals surface area contributed by atoms with Crippen molar-refractivity contribution in [2.75, 3.05) is 7.05 Å². The number of benzene rings is 2. The highest BCUT2D eigenvalue weighted by atomic mass is 16.6. The topological polar surface area (TPSA) is 29.5 Å². The summed E-state index contributed by atoms with van der Waals surface area (Å²) in [6, 6.07) is 16.9. The number of ether oxygens (including phenoxy) is 1. The lowest BCUT2D eigenvalue weighted by Crippen LogP contribution is -2.24. The Hall–Kier alpha value is -2.29. The van der Waals surface area contributed by atoms with Gasteiger partial charge in [-0.05, 0) is 35.6 Å². The number of likely N-dealkylation sites (N-methyl/N-ethyl adjacent to an activating group) is 1. The summed E-state index contributed by atoms with van der Waals surface area (Å²) in [6.45, 7) is 4.11. The third kappa shape index (κ3) is 2.47. The van der Waals surface area contributed by atoms with E-state index in [1.807, 2.05) is 13.0 Å². The summed E-state index contributed by atoms with van der Waals surface area (Å²) in [4.78, 5) is 13.4. The predicted molar refractivity (Wildman–Crippen MR) is 87.7 cm³/mol. The van der Waals surface area contributed by atoms with Crippen molar-refractivity contribution in [3.63, 3.8) is 0 Å². The van der Waals surface area contributed by atoms with Crippen molar-refractivity contribution in [2.45, 2.75) is 32.4 Å². The molecule has 0 aliphatic carbocycles. The maximum Gasteiger partial charge on any atom is 0.410 e. The molecule has 1 aliphatic heterocycles. The second kappa shape index (κ2) is 5.84. The standard InChI is InChI=1S/C19H21NO2/c1-4-14-12-16(18-13(2)22-19(21)20(18)3)10-11-17(14)15-8-6-5-7-9-15/h5-13,18H,4H2,1-3H3. The van der Waals surface area contributed by atoms with Gasteiger partial charge in [0.15, 0.2) is 0 Å². The van der Waals surface area contributed by atoms with Gasteiger partial charge in [-0.3, -0.25) is 0 Å². The zero-order chi connectivity index (χ0) is 15.7. The smallest absolute Gasteiger partial charge is 0.410 e. The van der Waals surface area contributed by atoms with Crippen LogP contribution in [0.3, 0.4) is 0 Å². The number of nitrogens with zero attached hydrogens (tertiary/aromatic N) is 1. The van der Waals surface area contributed by atoms with Crippen LogP contribution in [0.15, 0.2) is 48.5 Å². The molecule has 0 spiro atoms. The van der Waals surface area contributed by atoms with Crippen LogP contribution in [0, 0.1) is 0 Å². The molecule has 0 saturated carbocycles. The number of cyclic esters (lactones) is 1. The lowest BCUT2D eigenvalue weighted by atomic mass is 9.92. The zero-order valence-electron chi connectivity index (χ0n) is 13.2. The van der Waals surface area contributed by atoms with E-state index in [1.54, 1.807) is 11.9 Å². The maximum atomic E-state index is 11.7. The van der Waals surface area contributed by atoms with E-state index in [0.29, 0.717) is 0 Å². The van der Waals surface area contributed by atoms with Gasteiger partial charge in [-0.2, -0.15) is 0 Å². The van der Waals surface area contributed by atoms with Crippen molar-refractivity contribution in [3.05, 3.63) is 59.7 Å². The Morgan fingerprint density at radius 2 is 1.86 bits per heavy atom. The summed E-state index contributed by atoms with van der Waals surface area (Å²) in [7, 11) is 1.80. The van der Waals surface area contributed by atoms with Crippen molar-refractivity contribution in [1.82, 2.24) is 4.90 Å². The van der Waals surface area contributed by atoms with Gasteiger partial charge < -0.3 is 9.64 Å². The van der Waals surface area contributed by atoms with Crippen LogP contribution in [0.1, 0.15) is 31.0 Å². The minimum absolute atomic E-state index is 0.0115. The Morgan fingerprint density at radius 3 is 2.45 bits per heavy atom. The van der Waals surface area contributed by atoms with Crippen LogP contribution in [-0.4, -0.2) is 24.1 Å². The highest BCUT2D eigenvalue weighted by Crippen LogP contribution is 2.34. The molecule has 22 heavy (non-hydrogen) atoms. The first-order valence-corrected chi connectivity index (χ1v) is 7.73. The molecular formula is C19H21NO2. The van der Waals surface area contributed by atoms with E-state index in [4.69, 9.17) is 4.74 Å². The van der Waals surface area contributed by atoms with E-state index in [1.165, 1.54) is 16.7 Å². The van der Waals surface area contributed by atoms with Crippen LogP contribution >= 0.6 is 0 Å². The van der Waals surface area contributed by atoms with Crippen LogP contribution in [-0.2, 0) is 11.2 Å². The van der Waals surface area contributed by atoms with Gasteiger partial charge in [0.2, 0.25) is 0 Å². The Bertz CT molecular complexity index is 681. The van der Waals surface area contributed by atoms with Crippen LogP contribution in [0.4, 0.5) is 4.79 Å². The number of amides is 1. The molecule has 3 heteroatoms. The van der Waals surface area contributed by atoms with Gasteiger partial charge in [-0.1, -0.05) is 55.5 Å². The molecule has 1 fully saturated rings. The van der Waals surface area contributed by atoms with Gasteiger partial charge >= 0.3 is 6.09 Å². The Morgan fingerprint density at radius 1 is 1.14 bits per heavy atom. The average molecular weight is 295 g/mol. The van der Waals surface area contributed by atoms with Crippen LogP contribution in [0.25, 0.3) is 11.1 Å². The number of aryl methyl sites for hydroxylation is 1. The number of carbonyl (C=O) groups is 1. The van der Waals surface area contributed by atoms with Gasteiger partial charge in [0.25, 0.3) is 0 Å². The minimum Gasteiger partial charge on any atom is -0.444 e. The zero-order valence-corrected chi connectivity index (χ0v) is 13.2. The summed E-state index contributed by atoms with van der Waals surface area (Å²) in [5.74, 6) is 0. The first-order valence-electron chi connectivity index (χ1n) is 7.73. The van der Waals surface area contributed by atoms with Crippen molar-refractivity contribution < 1.29 is 9.53 Å². The fourth-order valence-corrected chi connectivity index (χ4v) is 3.22. The quantitative estimate of drug-likeness (QED) is 0.838. The third-order valence-corrected chi connectivity index (χ3v) is 4.37. The molecule has 0 aromatic heterocycles. The SMILES string of the molecule is CCc1cc(C2C(C)OC(=O)N2C)ccc1-c1ccccc1. The number of carbonyl (C=O) groups excluding carboxylic acids is 1. The first kappa shape index (κ1) is 14.6. The average Bonchev–Trinajstić information content (AvgIpc) is 2.80. The van der Waals surface area contributed by atoms with E-state index in [0.717, 1.165) is 12.0 Å². The Kier molecular flexibility index (Phi) is 3.88. The van der Waals surface area contributed by atoms with Gasteiger partial charge in [0.1, 0.15) is 6.10 Å². The molecule has 1 aliphatic rings. The molecule has 1 amide bonds. The molecule has 0 radical (unpaired) electrons. The van der Waals surface area contributed by atoms with Crippen molar-refractivity contribution in [2.24, 2.45) is 0 Å². The highest BCUT2D eigenvalue weighted by Gasteiger charge is 2.37. The molecule has 0 bridgehead atoms. The van der Waals surface area contributed by atoms with Crippen molar-refractivity contribution >= 4 is 6.09 Å². The van der Waals surface area contributed by atoms with Gasteiger partial charge in [-0.15, -0.1) is 0 Å². The number of hydrogen-bond donors (Lipinski definition) is 0. The maximum absolute atomic E-state index is 11.7. The Balaban J connectivity index is 2.01. The third-order valence-electron chi connectivity index (χ3n) is 4.37. The molecule has 3 rings (SSSR count). The summed E-state index contributed by atoms with van der Waals surface area (Å²) < 4.78 is 5.32. The fourth-order valence-electron chi connectivity index (χ4n) is 3.22. The predicted octanol–water partition coefficient (Wildman–Crippen LogP) is 4.43. The van der Waals surface area contributed by atoms with Gasteiger partial charge in [0.05, 0.1) is 6.04 Å². The largest absolute Gasteiger partial charge is 0.444 e. The van der Waals surface area contributed by atoms with Crippen LogP contribution in [0.5, 0.6) is 0 Å². The summed E-state index contributed by atoms with van der Waals surface area (Å²) in [5.41, 5.74) is 4.92. The van der Waals surface area contributed by atoms with E-state index < -0.39 is 0 Å². The summed E-state index contributed by atoms with van der Waals surface area (Å²) in [5, 5.41) is 0. The number of rotatable bonds is 3. The molecular weight excluding hydrogens is 274 g/mol. The molecule has 1 heterocycles. The van der Waals surface area contributed by atoms with E-state index in [9.17, 15) is 4.79 Å². The number of hydrogen-bond acceptors (Lipinski definition) is 2. The molecule has 2 aromatic carbocycles. The van der Waals surface area contributed by atoms with E-state index in [2.05, 4.69) is 49.4 Å². The molecule has 114 valence electrons. The second-order valence-electron chi connectivity index (χ2n) is 5.78. The molecule has 2 aromatic rings. The van der Waals surface area contributed by atoms with Crippen LogP contribution < -0.4 is 0 Å². The monoisotopic (exact) mass is 295 g/mol. The second-order valence-corrected chi connectivity index (χ2v) is 5.78. The molecule has 2 atom stereocenters. The normalized spacial score (nSPS) is 21.0.